The van der Waals surface area contributed by atoms with Crippen LogP contribution < -0.4 is 0 Å². The summed E-state index contributed by atoms with van der Waals surface area (Å²) in [5.74, 6) is -1.25. The van der Waals surface area contributed by atoms with Crippen LogP contribution in [0.4, 0.5) is 17.6 Å². The summed E-state index contributed by atoms with van der Waals surface area (Å²) in [4.78, 5) is 0. The molecule has 0 aliphatic rings. The van der Waals surface area contributed by atoms with E-state index < -0.39 is 0 Å². The third kappa shape index (κ3) is 9.04. The van der Waals surface area contributed by atoms with Crippen LogP contribution in [0.5, 0.6) is 0 Å². The zero-order chi connectivity index (χ0) is 39.8. The van der Waals surface area contributed by atoms with Gasteiger partial charge in [-0.3, -0.25) is 0 Å². The summed E-state index contributed by atoms with van der Waals surface area (Å²) in [7, 11) is 0. The highest BCUT2D eigenvalue weighted by atomic mass is 19.1. The third-order valence-corrected chi connectivity index (χ3v) is 10.00. The maximum atomic E-state index is 13.7. The Kier molecular flexibility index (Phi) is 11.2. The third-order valence-electron chi connectivity index (χ3n) is 10.00. The molecule has 8 aromatic carbocycles. The van der Waals surface area contributed by atoms with Crippen LogP contribution in [0.3, 0.4) is 0 Å². The zero-order valence-electron chi connectivity index (χ0n) is 31.3. The molecule has 0 atom stereocenters. The van der Waals surface area contributed by atoms with Gasteiger partial charge >= 0.3 is 0 Å². The number of fused-ring (bicyclic) bond motifs is 1. The van der Waals surface area contributed by atoms with Crippen LogP contribution in [0.1, 0.15) is 55.6 Å². The van der Waals surface area contributed by atoms with Crippen molar-refractivity contribution in [2.75, 3.05) is 0 Å². The van der Waals surface area contributed by atoms with Crippen molar-refractivity contribution in [3.05, 3.63) is 261 Å². The summed E-state index contributed by atoms with van der Waals surface area (Å²) < 4.78 is 55.0. The maximum absolute atomic E-state index is 13.7. The maximum Gasteiger partial charge on any atom is 0.123 e. The summed E-state index contributed by atoms with van der Waals surface area (Å²) in [6.07, 6.45) is 12.5. The first-order valence-electron chi connectivity index (χ1n) is 18.9. The van der Waals surface area contributed by atoms with Crippen molar-refractivity contribution in [1.82, 2.24) is 0 Å². The fourth-order valence-electron chi connectivity index (χ4n) is 6.97. The van der Waals surface area contributed by atoms with Gasteiger partial charge in [-0.2, -0.15) is 0 Å². The minimum atomic E-state index is -0.313. The molecule has 0 aliphatic carbocycles. The standard InChI is InChI=1S/C54H36F4/c55-48-27-19-41(20-28-48)52(42-21-29-49(56)30-22-42)35-39-11-7-37(8-12-39)15-17-46-5-1-3-45-4-2-6-47(54(45)46)18-16-38-9-13-40(14-10-38)36-53(43-23-31-50(57)32-24-43)44-25-33-51(58)34-26-44/h1-36H. The Balaban J connectivity index is 1.03. The van der Waals surface area contributed by atoms with E-state index in [4.69, 9.17) is 0 Å². The van der Waals surface area contributed by atoms with Crippen molar-refractivity contribution in [2.24, 2.45) is 0 Å². The van der Waals surface area contributed by atoms with Crippen molar-refractivity contribution in [3.8, 4) is 0 Å². The van der Waals surface area contributed by atoms with Crippen LogP contribution in [-0.2, 0) is 0 Å². The highest BCUT2D eigenvalue weighted by molar-refractivity contribution is 6.00. The van der Waals surface area contributed by atoms with Gasteiger partial charge in [-0.05, 0) is 138 Å². The summed E-state index contributed by atoms with van der Waals surface area (Å²) in [5, 5.41) is 2.27. The molecule has 0 aromatic heterocycles. The Morgan fingerprint density at radius 2 is 0.586 bits per heavy atom. The van der Waals surface area contributed by atoms with E-state index in [2.05, 4.69) is 85.0 Å². The van der Waals surface area contributed by atoms with Crippen molar-refractivity contribution < 1.29 is 17.6 Å². The van der Waals surface area contributed by atoms with Crippen LogP contribution >= 0.6 is 0 Å². The summed E-state index contributed by atoms with van der Waals surface area (Å²) in [6, 6.07) is 54.3. The molecule has 280 valence electrons. The summed E-state index contributed by atoms with van der Waals surface area (Å²) in [6.45, 7) is 0. The van der Waals surface area contributed by atoms with E-state index in [1.165, 1.54) is 48.5 Å². The van der Waals surface area contributed by atoms with E-state index >= 15 is 0 Å². The molecule has 0 bridgehead atoms. The fourth-order valence-corrected chi connectivity index (χ4v) is 6.97. The highest BCUT2D eigenvalue weighted by Gasteiger charge is 2.09. The molecule has 0 amide bonds. The first-order valence-corrected chi connectivity index (χ1v) is 18.9. The van der Waals surface area contributed by atoms with Gasteiger partial charge in [0.1, 0.15) is 23.3 Å². The molecule has 0 saturated carbocycles. The van der Waals surface area contributed by atoms with Gasteiger partial charge in [-0.25, -0.2) is 17.6 Å². The lowest BCUT2D eigenvalue weighted by atomic mass is 9.95. The lowest BCUT2D eigenvalue weighted by Crippen LogP contribution is -1.90. The Hall–Kier alpha value is -7.30. The lowest BCUT2D eigenvalue weighted by Gasteiger charge is -2.10. The molecule has 0 radical (unpaired) electrons. The fraction of sp³-hybridized carbons (Fsp3) is 0. The second kappa shape index (κ2) is 17.2. The van der Waals surface area contributed by atoms with Gasteiger partial charge in [0.15, 0.2) is 0 Å². The molecule has 8 aromatic rings. The molecule has 0 aliphatic heterocycles. The Bertz CT molecular complexity index is 2500. The van der Waals surface area contributed by atoms with E-state index in [0.717, 1.165) is 77.6 Å². The Morgan fingerprint density at radius 3 is 0.897 bits per heavy atom. The molecule has 0 heterocycles. The van der Waals surface area contributed by atoms with Gasteiger partial charge < -0.3 is 0 Å². The molecule has 0 N–H and O–H groups in total. The van der Waals surface area contributed by atoms with Gasteiger partial charge in [0, 0.05) is 0 Å². The van der Waals surface area contributed by atoms with Gasteiger partial charge in [0.05, 0.1) is 0 Å². The smallest absolute Gasteiger partial charge is 0.123 e. The average Bonchev–Trinajstić information content (AvgIpc) is 3.25. The Labute approximate surface area is 335 Å². The van der Waals surface area contributed by atoms with Crippen molar-refractivity contribution in [1.29, 1.82) is 0 Å². The van der Waals surface area contributed by atoms with Gasteiger partial charge in [-0.1, -0.05) is 158 Å². The van der Waals surface area contributed by atoms with Crippen LogP contribution in [-0.4, -0.2) is 0 Å². The first kappa shape index (κ1) is 37.6. The van der Waals surface area contributed by atoms with E-state index in [9.17, 15) is 17.6 Å². The molecular weight excluding hydrogens is 725 g/mol. The molecule has 8 rings (SSSR count). The summed E-state index contributed by atoms with van der Waals surface area (Å²) >= 11 is 0. The van der Waals surface area contributed by atoms with E-state index in [1.54, 1.807) is 48.5 Å². The van der Waals surface area contributed by atoms with E-state index in [1.807, 2.05) is 36.4 Å². The van der Waals surface area contributed by atoms with Gasteiger partial charge in [0.25, 0.3) is 0 Å². The second-order valence-corrected chi connectivity index (χ2v) is 13.9. The van der Waals surface area contributed by atoms with Crippen molar-refractivity contribution >= 4 is 58.4 Å². The molecule has 0 fully saturated rings. The minimum absolute atomic E-state index is 0.313. The lowest BCUT2D eigenvalue weighted by molar-refractivity contribution is 0.627. The molecule has 0 nitrogen and oxygen atoms in total. The van der Waals surface area contributed by atoms with Gasteiger partial charge in [-0.15, -0.1) is 0 Å². The normalized spacial score (nSPS) is 11.3. The van der Waals surface area contributed by atoms with Crippen LogP contribution in [0, 0.1) is 23.3 Å². The number of hydrogen-bond acceptors (Lipinski definition) is 0. The predicted octanol–water partition coefficient (Wildman–Crippen LogP) is 14.9. The van der Waals surface area contributed by atoms with E-state index in [-0.39, 0.29) is 23.3 Å². The average molecular weight is 761 g/mol. The largest absolute Gasteiger partial charge is 0.207 e. The molecule has 0 saturated heterocycles. The minimum Gasteiger partial charge on any atom is -0.207 e. The van der Waals surface area contributed by atoms with Crippen LogP contribution in [0.15, 0.2) is 182 Å². The molecule has 4 heteroatoms. The van der Waals surface area contributed by atoms with Crippen LogP contribution in [0.2, 0.25) is 0 Å². The summed E-state index contributed by atoms with van der Waals surface area (Å²) in [5.41, 5.74) is 11.2. The van der Waals surface area contributed by atoms with Crippen LogP contribution in [0.25, 0.3) is 58.4 Å². The quantitative estimate of drug-likeness (QED) is 0.0962. The number of benzene rings is 8. The van der Waals surface area contributed by atoms with Gasteiger partial charge in [0.2, 0.25) is 0 Å². The van der Waals surface area contributed by atoms with E-state index in [0.29, 0.717) is 0 Å². The monoisotopic (exact) mass is 760 g/mol. The molecular formula is C54H36F4. The second-order valence-electron chi connectivity index (χ2n) is 13.9. The first-order chi connectivity index (χ1) is 28.3. The number of halogens is 4. The van der Waals surface area contributed by atoms with Crippen molar-refractivity contribution in [3.63, 3.8) is 0 Å². The topological polar surface area (TPSA) is 0 Å². The number of hydrogen-bond donors (Lipinski definition) is 0. The molecule has 0 unspecified atom stereocenters. The number of rotatable bonds is 10. The molecule has 0 spiro atoms. The predicted molar refractivity (Wildman–Crippen MR) is 234 cm³/mol. The molecule has 58 heavy (non-hydrogen) atoms. The SMILES string of the molecule is Fc1ccc(C(=Cc2ccc(C=Cc3cccc4cccc(C=Cc5ccc(C=C(c6ccc(F)cc6)c6ccc(F)cc6)cc5)c34)cc2)c2ccc(F)cc2)cc1. The Morgan fingerprint density at radius 1 is 0.293 bits per heavy atom. The highest BCUT2D eigenvalue weighted by Crippen LogP contribution is 2.30. The zero-order valence-corrected chi connectivity index (χ0v) is 31.3. The van der Waals surface area contributed by atoms with Crippen molar-refractivity contribution in [2.45, 2.75) is 0 Å².